The zero-order valence-electron chi connectivity index (χ0n) is 18.3. The number of fused-ring (bicyclic) bond motifs is 1. The van der Waals surface area contributed by atoms with E-state index < -0.39 is 0 Å². The van der Waals surface area contributed by atoms with Crippen LogP contribution in [0.5, 0.6) is 11.5 Å². The molecule has 0 bridgehead atoms. The predicted molar refractivity (Wildman–Crippen MR) is 127 cm³/mol. The van der Waals surface area contributed by atoms with Gasteiger partial charge in [-0.15, -0.1) is 10.2 Å². The molecule has 0 radical (unpaired) electrons. The Morgan fingerprint density at radius 1 is 0.970 bits per heavy atom. The van der Waals surface area contributed by atoms with Gasteiger partial charge in [0.1, 0.15) is 11.5 Å². The van der Waals surface area contributed by atoms with Crippen molar-refractivity contribution in [3.63, 3.8) is 0 Å². The fourth-order valence-electron chi connectivity index (χ4n) is 3.47. The Hall–Kier alpha value is -3.85. The summed E-state index contributed by atoms with van der Waals surface area (Å²) in [6, 6.07) is 17.6. The van der Waals surface area contributed by atoms with Crippen molar-refractivity contribution in [1.29, 1.82) is 0 Å². The van der Waals surface area contributed by atoms with Crippen LogP contribution < -0.4 is 9.47 Å². The van der Waals surface area contributed by atoms with Crippen molar-refractivity contribution in [3.05, 3.63) is 78.9 Å². The van der Waals surface area contributed by atoms with Crippen LogP contribution in [0.25, 0.3) is 22.9 Å². The second-order valence-corrected chi connectivity index (χ2v) is 8.09. The third-order valence-corrected chi connectivity index (χ3v) is 5.98. The molecule has 3 aromatic heterocycles. The maximum absolute atomic E-state index is 5.61. The van der Waals surface area contributed by atoms with E-state index in [1.807, 2.05) is 78.3 Å². The zero-order valence-corrected chi connectivity index (χ0v) is 19.1. The summed E-state index contributed by atoms with van der Waals surface area (Å²) in [6.45, 7) is 2.59. The lowest BCUT2D eigenvalue weighted by Crippen LogP contribution is -2.00. The summed E-state index contributed by atoms with van der Waals surface area (Å²) in [5.74, 6) is 3.69. The number of rotatable bonds is 8. The smallest absolute Gasteiger partial charge is 0.233 e. The summed E-state index contributed by atoms with van der Waals surface area (Å²) in [5, 5.41) is 9.79. The van der Waals surface area contributed by atoms with Crippen molar-refractivity contribution in [2.75, 3.05) is 13.7 Å². The van der Waals surface area contributed by atoms with Crippen LogP contribution in [-0.2, 0) is 5.75 Å². The summed E-state index contributed by atoms with van der Waals surface area (Å²) in [7, 11) is 1.65. The molecule has 2 aromatic carbocycles. The molecule has 0 saturated carbocycles. The number of nitrogens with zero attached hydrogens (tertiary/aromatic N) is 6. The molecule has 5 aromatic rings. The van der Waals surface area contributed by atoms with Crippen LogP contribution >= 0.6 is 11.8 Å². The van der Waals surface area contributed by atoms with E-state index in [0.29, 0.717) is 18.1 Å². The molecule has 0 N–H and O–H groups in total. The SMILES string of the molecule is CCOc1ccc(-n2c(SCc3cn4cccnc4n3)nnc2-c2ccc(OC)cc2)cc1. The molecule has 0 aliphatic heterocycles. The monoisotopic (exact) mass is 458 g/mol. The van der Waals surface area contributed by atoms with Crippen LogP contribution in [0.2, 0.25) is 0 Å². The van der Waals surface area contributed by atoms with E-state index in [2.05, 4.69) is 24.7 Å². The number of methoxy groups -OCH3 is 1. The summed E-state index contributed by atoms with van der Waals surface area (Å²) in [4.78, 5) is 8.88. The summed E-state index contributed by atoms with van der Waals surface area (Å²) >= 11 is 1.58. The second-order valence-electron chi connectivity index (χ2n) is 7.14. The minimum absolute atomic E-state index is 0.623. The molecule has 3 heterocycles. The van der Waals surface area contributed by atoms with E-state index in [0.717, 1.165) is 39.4 Å². The molecule has 0 aliphatic rings. The number of imidazole rings is 1. The number of benzene rings is 2. The fraction of sp³-hybridized carbons (Fsp3) is 0.167. The maximum Gasteiger partial charge on any atom is 0.233 e. The lowest BCUT2D eigenvalue weighted by Gasteiger charge is -2.11. The molecule has 0 spiro atoms. The van der Waals surface area contributed by atoms with Gasteiger partial charge in [0.05, 0.1) is 19.4 Å². The Labute approximate surface area is 195 Å². The van der Waals surface area contributed by atoms with Gasteiger partial charge < -0.3 is 9.47 Å². The molecule has 0 atom stereocenters. The van der Waals surface area contributed by atoms with Crippen LogP contribution in [0.3, 0.4) is 0 Å². The number of hydrogen-bond acceptors (Lipinski definition) is 7. The highest BCUT2D eigenvalue weighted by Gasteiger charge is 2.17. The van der Waals surface area contributed by atoms with Gasteiger partial charge in [-0.1, -0.05) is 11.8 Å². The molecule has 0 amide bonds. The first-order valence-electron chi connectivity index (χ1n) is 10.5. The number of aromatic nitrogens is 6. The Morgan fingerprint density at radius 3 is 2.48 bits per heavy atom. The molecule has 166 valence electrons. The molecule has 0 fully saturated rings. The second kappa shape index (κ2) is 9.33. The van der Waals surface area contributed by atoms with Gasteiger partial charge in [0.15, 0.2) is 11.0 Å². The largest absolute Gasteiger partial charge is 0.497 e. The van der Waals surface area contributed by atoms with E-state index in [-0.39, 0.29) is 0 Å². The molecule has 9 heteroatoms. The Balaban J connectivity index is 1.50. The van der Waals surface area contributed by atoms with Crippen molar-refractivity contribution >= 4 is 17.5 Å². The highest BCUT2D eigenvalue weighted by Crippen LogP contribution is 2.31. The van der Waals surface area contributed by atoms with Crippen LogP contribution in [0.15, 0.2) is 78.3 Å². The first kappa shape index (κ1) is 21.0. The maximum atomic E-state index is 5.61. The van der Waals surface area contributed by atoms with E-state index >= 15 is 0 Å². The van der Waals surface area contributed by atoms with Crippen LogP contribution in [0, 0.1) is 0 Å². The van der Waals surface area contributed by atoms with Gasteiger partial charge in [-0.05, 0) is 61.5 Å². The van der Waals surface area contributed by atoms with Gasteiger partial charge in [-0.25, -0.2) is 9.97 Å². The topological polar surface area (TPSA) is 79.4 Å². The van der Waals surface area contributed by atoms with Crippen molar-refractivity contribution < 1.29 is 9.47 Å². The number of hydrogen-bond donors (Lipinski definition) is 0. The third kappa shape index (κ3) is 4.40. The third-order valence-electron chi connectivity index (χ3n) is 5.02. The Bertz CT molecular complexity index is 1330. The lowest BCUT2D eigenvalue weighted by atomic mass is 10.2. The quantitative estimate of drug-likeness (QED) is 0.313. The van der Waals surface area contributed by atoms with Gasteiger partial charge in [0, 0.05) is 35.6 Å². The molecule has 0 saturated heterocycles. The average Bonchev–Trinajstić information content (AvgIpc) is 3.47. The highest BCUT2D eigenvalue weighted by molar-refractivity contribution is 7.98. The van der Waals surface area contributed by atoms with Gasteiger partial charge in [-0.3, -0.25) is 8.97 Å². The molecule has 5 rings (SSSR count). The van der Waals surface area contributed by atoms with Crippen molar-refractivity contribution in [3.8, 4) is 28.6 Å². The van der Waals surface area contributed by atoms with E-state index in [4.69, 9.17) is 9.47 Å². The van der Waals surface area contributed by atoms with Crippen LogP contribution in [0.1, 0.15) is 12.6 Å². The summed E-state index contributed by atoms with van der Waals surface area (Å²) in [5.41, 5.74) is 2.82. The van der Waals surface area contributed by atoms with Crippen LogP contribution in [0.4, 0.5) is 0 Å². The normalized spacial score (nSPS) is 11.1. The summed E-state index contributed by atoms with van der Waals surface area (Å²) in [6.07, 6.45) is 5.66. The highest BCUT2D eigenvalue weighted by atomic mass is 32.2. The first-order chi connectivity index (χ1) is 16.2. The minimum atomic E-state index is 0.623. The average molecular weight is 459 g/mol. The van der Waals surface area contributed by atoms with Crippen molar-refractivity contribution in [1.82, 2.24) is 29.1 Å². The first-order valence-corrected chi connectivity index (χ1v) is 11.5. The number of ether oxygens (including phenoxy) is 2. The molecule has 0 aliphatic carbocycles. The minimum Gasteiger partial charge on any atom is -0.497 e. The summed E-state index contributed by atoms with van der Waals surface area (Å²) < 4.78 is 14.9. The predicted octanol–water partition coefficient (Wildman–Crippen LogP) is 4.68. The molecule has 0 unspecified atom stereocenters. The molecular formula is C24H22N6O2S. The zero-order chi connectivity index (χ0) is 22.6. The van der Waals surface area contributed by atoms with Gasteiger partial charge >= 0.3 is 0 Å². The van der Waals surface area contributed by atoms with E-state index in [1.165, 1.54) is 0 Å². The van der Waals surface area contributed by atoms with Gasteiger partial charge in [-0.2, -0.15) is 0 Å². The lowest BCUT2D eigenvalue weighted by molar-refractivity contribution is 0.340. The Morgan fingerprint density at radius 2 is 1.76 bits per heavy atom. The fourth-order valence-corrected chi connectivity index (χ4v) is 4.30. The Kier molecular flexibility index (Phi) is 5.95. The van der Waals surface area contributed by atoms with E-state index in [9.17, 15) is 0 Å². The molecular weight excluding hydrogens is 436 g/mol. The molecule has 8 nitrogen and oxygen atoms in total. The van der Waals surface area contributed by atoms with Gasteiger partial charge in [0.25, 0.3) is 0 Å². The number of thioether (sulfide) groups is 1. The van der Waals surface area contributed by atoms with Crippen molar-refractivity contribution in [2.24, 2.45) is 0 Å². The van der Waals surface area contributed by atoms with Crippen molar-refractivity contribution in [2.45, 2.75) is 17.8 Å². The van der Waals surface area contributed by atoms with E-state index in [1.54, 1.807) is 25.1 Å². The van der Waals surface area contributed by atoms with Gasteiger partial charge in [0.2, 0.25) is 5.78 Å². The molecule has 33 heavy (non-hydrogen) atoms. The van der Waals surface area contributed by atoms with Crippen LogP contribution in [-0.4, -0.2) is 42.8 Å². The standard InChI is InChI=1S/C24H22N6O2S/c1-3-32-21-11-7-19(8-12-21)30-22(17-5-9-20(31-2)10-6-17)27-28-24(30)33-16-18-15-29-14-4-13-25-23(29)26-18/h4-15H,3,16H2,1-2H3.